The number of nitrogens with zero attached hydrogens (tertiary/aromatic N) is 1. The third-order valence-corrected chi connectivity index (χ3v) is 11.7. The van der Waals surface area contributed by atoms with Gasteiger partial charge in [-0.25, -0.2) is 0 Å². The molecule has 54 heavy (non-hydrogen) atoms. The maximum absolute atomic E-state index is 2.42. The van der Waals surface area contributed by atoms with Crippen LogP contribution in [0.2, 0.25) is 0 Å². The first-order valence-electron chi connectivity index (χ1n) is 18.4. The fourth-order valence-electron chi connectivity index (χ4n) is 7.94. The molecule has 0 fully saturated rings. The van der Waals surface area contributed by atoms with Crippen molar-refractivity contribution in [3.05, 3.63) is 212 Å². The molecule has 0 aliphatic heterocycles. The summed E-state index contributed by atoms with van der Waals surface area (Å²) >= 11 is 1.86. The number of benzene rings is 9. The summed E-state index contributed by atoms with van der Waals surface area (Å²) in [6.45, 7) is 0. The largest absolute Gasteiger partial charge is 0.309 e. The van der Waals surface area contributed by atoms with Gasteiger partial charge in [-0.2, -0.15) is 0 Å². The first kappa shape index (κ1) is 32.0. The monoisotopic (exact) mass is 705 g/mol. The Labute approximate surface area is 319 Å². The van der Waals surface area contributed by atoms with E-state index in [9.17, 15) is 0 Å². The lowest BCUT2D eigenvalue weighted by Gasteiger charge is -2.26. The van der Waals surface area contributed by atoms with Gasteiger partial charge in [0.1, 0.15) is 0 Å². The normalized spacial score (nSPS) is 11.3. The van der Waals surface area contributed by atoms with Crippen LogP contribution in [0.25, 0.3) is 75.5 Å². The second-order valence-corrected chi connectivity index (χ2v) is 14.7. The summed E-state index contributed by atoms with van der Waals surface area (Å²) < 4.78 is 2.58. The highest BCUT2D eigenvalue weighted by Crippen LogP contribution is 2.46. The van der Waals surface area contributed by atoms with E-state index in [1.165, 1.54) is 81.1 Å². The molecule has 0 aliphatic rings. The minimum Gasteiger partial charge on any atom is -0.309 e. The molecule has 2 heteroatoms. The first-order valence-corrected chi connectivity index (χ1v) is 19.2. The van der Waals surface area contributed by atoms with Gasteiger partial charge in [-0.05, 0) is 91.7 Å². The van der Waals surface area contributed by atoms with Crippen LogP contribution in [0.3, 0.4) is 0 Å². The van der Waals surface area contributed by atoms with Crippen molar-refractivity contribution in [1.82, 2.24) is 0 Å². The van der Waals surface area contributed by atoms with E-state index in [1.807, 2.05) is 11.3 Å². The van der Waals surface area contributed by atoms with Gasteiger partial charge < -0.3 is 4.90 Å². The molecular formula is C52H35NS. The Balaban J connectivity index is 1.11. The van der Waals surface area contributed by atoms with Crippen LogP contribution in [0.1, 0.15) is 0 Å². The van der Waals surface area contributed by atoms with Crippen LogP contribution in [0.5, 0.6) is 0 Å². The number of fused-ring (bicyclic) bond motifs is 4. The Morgan fingerprint density at radius 2 is 0.870 bits per heavy atom. The van der Waals surface area contributed by atoms with Gasteiger partial charge in [-0.15, -0.1) is 11.3 Å². The van der Waals surface area contributed by atoms with Crippen molar-refractivity contribution in [2.45, 2.75) is 0 Å². The highest BCUT2D eigenvalue weighted by atomic mass is 32.1. The summed E-state index contributed by atoms with van der Waals surface area (Å²) in [7, 11) is 0. The smallest absolute Gasteiger partial charge is 0.0640 e. The average Bonchev–Trinajstić information content (AvgIpc) is 3.64. The third-order valence-electron chi connectivity index (χ3n) is 10.5. The fraction of sp³-hybridized carbons (Fsp3) is 0. The molecule has 0 bridgehead atoms. The topological polar surface area (TPSA) is 3.24 Å². The van der Waals surface area contributed by atoms with Crippen molar-refractivity contribution in [3.8, 4) is 44.5 Å². The van der Waals surface area contributed by atoms with E-state index in [0.717, 1.165) is 11.4 Å². The molecular weight excluding hydrogens is 671 g/mol. The van der Waals surface area contributed by atoms with Crippen LogP contribution >= 0.6 is 11.3 Å². The van der Waals surface area contributed by atoms with Gasteiger partial charge in [0.05, 0.1) is 10.4 Å². The first-order chi connectivity index (χ1) is 26.8. The lowest BCUT2D eigenvalue weighted by molar-refractivity contribution is 1.30. The Bertz CT molecular complexity index is 2910. The molecule has 0 amide bonds. The second kappa shape index (κ2) is 13.7. The zero-order chi connectivity index (χ0) is 35.8. The van der Waals surface area contributed by atoms with Gasteiger partial charge in [0.25, 0.3) is 0 Å². The second-order valence-electron chi connectivity index (χ2n) is 13.7. The molecule has 0 aliphatic carbocycles. The van der Waals surface area contributed by atoms with Crippen LogP contribution < -0.4 is 4.90 Å². The molecule has 0 unspecified atom stereocenters. The molecule has 254 valence electrons. The van der Waals surface area contributed by atoms with Gasteiger partial charge >= 0.3 is 0 Å². The molecule has 0 spiro atoms. The van der Waals surface area contributed by atoms with E-state index >= 15 is 0 Å². The van der Waals surface area contributed by atoms with Crippen LogP contribution in [0, 0.1) is 0 Å². The van der Waals surface area contributed by atoms with Crippen LogP contribution in [0.15, 0.2) is 212 Å². The van der Waals surface area contributed by atoms with Crippen molar-refractivity contribution < 1.29 is 0 Å². The number of thiophene rings is 1. The van der Waals surface area contributed by atoms with Gasteiger partial charge in [0, 0.05) is 26.8 Å². The van der Waals surface area contributed by atoms with Crippen LogP contribution in [-0.4, -0.2) is 0 Å². The summed E-state index contributed by atoms with van der Waals surface area (Å²) in [6.07, 6.45) is 0. The van der Waals surface area contributed by atoms with Crippen molar-refractivity contribution in [1.29, 1.82) is 0 Å². The molecule has 0 saturated heterocycles. The molecule has 0 saturated carbocycles. The van der Waals surface area contributed by atoms with Crippen molar-refractivity contribution in [2.75, 3.05) is 4.90 Å². The molecule has 1 nitrogen and oxygen atoms in total. The third kappa shape index (κ3) is 5.65. The minimum atomic E-state index is 1.12. The summed E-state index contributed by atoms with van der Waals surface area (Å²) in [6, 6.07) is 77.1. The molecule has 10 aromatic rings. The highest BCUT2D eigenvalue weighted by Gasteiger charge is 2.20. The van der Waals surface area contributed by atoms with Gasteiger partial charge in [-0.3, -0.25) is 0 Å². The van der Waals surface area contributed by atoms with E-state index in [4.69, 9.17) is 0 Å². The quantitative estimate of drug-likeness (QED) is 0.160. The number of hydrogen-bond donors (Lipinski definition) is 0. The molecule has 1 heterocycles. The zero-order valence-electron chi connectivity index (χ0n) is 29.6. The summed E-state index contributed by atoms with van der Waals surface area (Å²) in [5.74, 6) is 0. The number of hydrogen-bond acceptors (Lipinski definition) is 2. The molecule has 0 radical (unpaired) electrons. The Morgan fingerprint density at radius 3 is 1.61 bits per heavy atom. The molecule has 10 rings (SSSR count). The maximum atomic E-state index is 2.42. The van der Waals surface area contributed by atoms with E-state index in [2.05, 4.69) is 217 Å². The molecule has 0 atom stereocenters. The Kier molecular flexibility index (Phi) is 8.09. The van der Waals surface area contributed by atoms with Crippen molar-refractivity contribution in [3.63, 3.8) is 0 Å². The van der Waals surface area contributed by atoms with E-state index < -0.39 is 0 Å². The average molecular weight is 706 g/mol. The molecule has 1 aromatic heterocycles. The number of rotatable bonds is 7. The van der Waals surface area contributed by atoms with E-state index in [0.29, 0.717) is 0 Å². The predicted molar refractivity (Wildman–Crippen MR) is 233 cm³/mol. The van der Waals surface area contributed by atoms with Crippen molar-refractivity contribution in [2.24, 2.45) is 0 Å². The zero-order valence-corrected chi connectivity index (χ0v) is 30.4. The van der Waals surface area contributed by atoms with Crippen LogP contribution in [-0.2, 0) is 0 Å². The highest BCUT2D eigenvalue weighted by molar-refractivity contribution is 7.26. The molecule has 0 N–H and O–H groups in total. The lowest BCUT2D eigenvalue weighted by atomic mass is 9.86. The SMILES string of the molecule is c1ccc(-c2ccc(N(c3ccc(-c4ccccc4-c4ccc5ccccc5c4-c4ccccc4)cc3)c3cccc4c3sc3ccccc34)cc2)cc1. The summed E-state index contributed by atoms with van der Waals surface area (Å²) in [5.41, 5.74) is 13.2. The van der Waals surface area contributed by atoms with Crippen LogP contribution in [0.4, 0.5) is 17.1 Å². The standard InChI is InChI=1S/C52H35NS/c1-3-14-36(15-4-1)37-26-31-41(32-27-37)53(49-24-13-23-48-46-22-11-12-25-50(46)54-52(48)49)42-33-28-39(29-34-42)43-19-9-10-21-45(43)47-35-30-38-16-7-8-20-44(38)51(47)40-17-5-2-6-18-40/h1-35H. The van der Waals surface area contributed by atoms with Gasteiger partial charge in [0.15, 0.2) is 0 Å². The Morgan fingerprint density at radius 1 is 0.315 bits per heavy atom. The number of anilines is 3. The van der Waals surface area contributed by atoms with Gasteiger partial charge in [0.2, 0.25) is 0 Å². The maximum Gasteiger partial charge on any atom is 0.0640 e. The lowest BCUT2D eigenvalue weighted by Crippen LogP contribution is -2.10. The van der Waals surface area contributed by atoms with Crippen molar-refractivity contribution >= 4 is 59.3 Å². The Hall–Kier alpha value is -6.74. The fourth-order valence-corrected chi connectivity index (χ4v) is 9.15. The van der Waals surface area contributed by atoms with E-state index in [1.54, 1.807) is 0 Å². The predicted octanol–water partition coefficient (Wildman–Crippen LogP) is 15.3. The molecule has 9 aromatic carbocycles. The minimum absolute atomic E-state index is 1.12. The van der Waals surface area contributed by atoms with E-state index in [-0.39, 0.29) is 0 Å². The summed E-state index contributed by atoms with van der Waals surface area (Å²) in [4.78, 5) is 2.42. The summed E-state index contributed by atoms with van der Waals surface area (Å²) in [5, 5.41) is 5.09. The van der Waals surface area contributed by atoms with Gasteiger partial charge in [-0.1, -0.05) is 176 Å².